The summed E-state index contributed by atoms with van der Waals surface area (Å²) in [6.07, 6.45) is 5.22. The number of hydrogen-bond acceptors (Lipinski definition) is 4. The second-order valence-electron chi connectivity index (χ2n) is 6.80. The van der Waals surface area contributed by atoms with Crippen LogP contribution in [0.4, 0.5) is 0 Å². The Balaban J connectivity index is 1.98. The maximum absolute atomic E-state index is 12.8. The fourth-order valence-corrected chi connectivity index (χ4v) is 4.34. The van der Waals surface area contributed by atoms with Crippen molar-refractivity contribution in [3.05, 3.63) is 30.3 Å². The molecule has 1 N–H and O–H groups in total. The summed E-state index contributed by atoms with van der Waals surface area (Å²) in [5.41, 5.74) is 0. The smallest absolute Gasteiger partial charge is 0.324 e. The maximum Gasteiger partial charge on any atom is 0.324 e. The molecule has 0 aromatic heterocycles. The Bertz CT molecular complexity index is 570. The molecule has 2 rings (SSSR count). The quantitative estimate of drug-likeness (QED) is 0.582. The number of hydrogen-bond donors (Lipinski definition) is 1. The third-order valence-electron chi connectivity index (χ3n) is 4.15. The molecule has 1 aromatic carbocycles. The molecule has 1 aliphatic carbocycles. The third kappa shape index (κ3) is 5.95. The molecule has 134 valence electrons. The highest BCUT2D eigenvalue weighted by Gasteiger charge is 2.32. The zero-order valence-electron chi connectivity index (χ0n) is 14.7. The van der Waals surface area contributed by atoms with Crippen LogP contribution in [0.2, 0.25) is 0 Å². The Hall–Kier alpha value is -1.32. The van der Waals surface area contributed by atoms with E-state index in [0.29, 0.717) is 5.75 Å². The van der Waals surface area contributed by atoms with Crippen LogP contribution in [0.3, 0.4) is 0 Å². The van der Waals surface area contributed by atoms with E-state index in [2.05, 4.69) is 5.09 Å². The predicted molar refractivity (Wildman–Crippen MR) is 95.3 cm³/mol. The molecular weight excluding hydrogens is 325 g/mol. The molecular formula is C18H28NO4P. The van der Waals surface area contributed by atoms with Crippen molar-refractivity contribution in [2.45, 2.75) is 58.1 Å². The zero-order valence-corrected chi connectivity index (χ0v) is 15.6. The summed E-state index contributed by atoms with van der Waals surface area (Å²) in [5, 5.41) is 2.89. The van der Waals surface area contributed by atoms with E-state index in [0.717, 1.165) is 25.7 Å². The third-order valence-corrected chi connectivity index (χ3v) is 5.46. The van der Waals surface area contributed by atoms with E-state index in [1.54, 1.807) is 12.1 Å². The lowest BCUT2D eigenvalue weighted by Crippen LogP contribution is -2.42. The molecule has 1 saturated carbocycles. The van der Waals surface area contributed by atoms with E-state index < -0.39 is 13.6 Å². The van der Waals surface area contributed by atoms with Gasteiger partial charge in [-0.15, -0.1) is 0 Å². The fraction of sp³-hybridized carbons (Fsp3) is 0.611. The van der Waals surface area contributed by atoms with Crippen LogP contribution < -0.4 is 9.61 Å². The number of carbonyl (C=O) groups is 1. The molecule has 0 heterocycles. The second kappa shape index (κ2) is 8.68. The SMILES string of the molecule is CC(C)[C@H](NP(C)(=O)Oc1ccccc1)C(=O)OC1CCCCC1. The Kier molecular flexibility index (Phi) is 6.88. The van der Waals surface area contributed by atoms with Gasteiger partial charge in [0.15, 0.2) is 0 Å². The molecule has 6 heteroatoms. The summed E-state index contributed by atoms with van der Waals surface area (Å²) in [4.78, 5) is 12.5. The minimum absolute atomic E-state index is 0.0133. The maximum atomic E-state index is 12.8. The summed E-state index contributed by atoms with van der Waals surface area (Å²) < 4.78 is 23.9. The van der Waals surface area contributed by atoms with Crippen molar-refractivity contribution in [2.24, 2.45) is 5.92 Å². The molecule has 0 radical (unpaired) electrons. The monoisotopic (exact) mass is 353 g/mol. The average molecular weight is 353 g/mol. The van der Waals surface area contributed by atoms with Gasteiger partial charge in [0.25, 0.3) is 0 Å². The Morgan fingerprint density at radius 1 is 1.17 bits per heavy atom. The summed E-state index contributed by atoms with van der Waals surface area (Å²) in [6.45, 7) is 5.30. The number of rotatable bonds is 7. The first kappa shape index (κ1) is 19.0. The van der Waals surface area contributed by atoms with Crippen LogP contribution in [0.5, 0.6) is 5.75 Å². The van der Waals surface area contributed by atoms with E-state index >= 15 is 0 Å². The normalized spacial score (nSPS) is 19.5. The van der Waals surface area contributed by atoms with Crippen LogP contribution in [0.25, 0.3) is 0 Å². The van der Waals surface area contributed by atoms with Crippen LogP contribution in [-0.4, -0.2) is 24.8 Å². The first-order chi connectivity index (χ1) is 11.4. The number of ether oxygens (including phenoxy) is 1. The van der Waals surface area contributed by atoms with Crippen LogP contribution in [-0.2, 0) is 14.1 Å². The van der Waals surface area contributed by atoms with Gasteiger partial charge in [-0.25, -0.2) is 5.09 Å². The van der Waals surface area contributed by atoms with Crippen molar-refractivity contribution < 1.29 is 18.6 Å². The summed E-state index contributed by atoms with van der Waals surface area (Å²) in [6, 6.07) is 8.32. The van der Waals surface area contributed by atoms with Crippen molar-refractivity contribution >= 4 is 13.5 Å². The molecule has 5 nitrogen and oxygen atoms in total. The topological polar surface area (TPSA) is 64.6 Å². The van der Waals surface area contributed by atoms with Gasteiger partial charge in [-0.3, -0.25) is 9.36 Å². The van der Waals surface area contributed by atoms with Gasteiger partial charge in [0.2, 0.25) is 0 Å². The van der Waals surface area contributed by atoms with Crippen molar-refractivity contribution in [1.29, 1.82) is 0 Å². The molecule has 0 aliphatic heterocycles. The van der Waals surface area contributed by atoms with Crippen LogP contribution in [0.15, 0.2) is 30.3 Å². The Morgan fingerprint density at radius 2 is 1.79 bits per heavy atom. The number of esters is 1. The first-order valence-electron chi connectivity index (χ1n) is 8.68. The van der Waals surface area contributed by atoms with Gasteiger partial charge in [0.1, 0.15) is 17.9 Å². The van der Waals surface area contributed by atoms with E-state index in [9.17, 15) is 9.36 Å². The molecule has 1 aliphatic rings. The van der Waals surface area contributed by atoms with E-state index in [-0.39, 0.29) is 18.0 Å². The molecule has 0 saturated heterocycles. The standard InChI is InChI=1S/C18H28NO4P/c1-14(2)17(18(20)22-15-10-6-4-7-11-15)19-24(3,21)23-16-12-8-5-9-13-16/h5,8-9,12-15,17H,4,6-7,10-11H2,1-3H3,(H,19,21)/t17-,24?/m0/s1. The molecule has 0 amide bonds. The molecule has 1 unspecified atom stereocenters. The number of para-hydroxylation sites is 1. The highest BCUT2D eigenvalue weighted by Crippen LogP contribution is 2.40. The van der Waals surface area contributed by atoms with Crippen molar-refractivity contribution in [3.63, 3.8) is 0 Å². The minimum Gasteiger partial charge on any atom is -0.461 e. The molecule has 0 spiro atoms. The second-order valence-corrected chi connectivity index (χ2v) is 8.93. The predicted octanol–water partition coefficient (Wildman–Crippen LogP) is 4.38. The lowest BCUT2D eigenvalue weighted by molar-refractivity contribution is -0.153. The van der Waals surface area contributed by atoms with Crippen molar-refractivity contribution in [2.75, 3.05) is 6.66 Å². The number of benzene rings is 1. The van der Waals surface area contributed by atoms with Crippen molar-refractivity contribution in [3.8, 4) is 5.75 Å². The lowest BCUT2D eigenvalue weighted by atomic mass is 9.97. The fourth-order valence-electron chi connectivity index (χ4n) is 2.86. The summed E-state index contributed by atoms with van der Waals surface area (Å²) in [5.74, 6) is 0.128. The zero-order chi connectivity index (χ0) is 17.6. The van der Waals surface area contributed by atoms with Gasteiger partial charge in [0, 0.05) is 6.66 Å². The first-order valence-corrected chi connectivity index (χ1v) is 10.7. The van der Waals surface area contributed by atoms with E-state index in [4.69, 9.17) is 9.26 Å². The molecule has 1 aromatic rings. The van der Waals surface area contributed by atoms with Gasteiger partial charge in [-0.1, -0.05) is 38.5 Å². The Morgan fingerprint density at radius 3 is 2.38 bits per heavy atom. The largest absolute Gasteiger partial charge is 0.461 e. The van der Waals surface area contributed by atoms with Gasteiger partial charge >= 0.3 is 13.5 Å². The van der Waals surface area contributed by atoms with Gasteiger partial charge < -0.3 is 9.26 Å². The van der Waals surface area contributed by atoms with E-state index in [1.807, 2.05) is 32.0 Å². The average Bonchev–Trinajstić information content (AvgIpc) is 2.54. The van der Waals surface area contributed by atoms with E-state index in [1.165, 1.54) is 13.1 Å². The lowest BCUT2D eigenvalue weighted by Gasteiger charge is -2.28. The Labute approximate surface area is 144 Å². The molecule has 0 bridgehead atoms. The molecule has 1 fully saturated rings. The minimum atomic E-state index is -3.18. The summed E-state index contributed by atoms with van der Waals surface area (Å²) >= 11 is 0. The molecule has 24 heavy (non-hydrogen) atoms. The number of nitrogens with one attached hydrogen (secondary N) is 1. The summed E-state index contributed by atoms with van der Waals surface area (Å²) in [7, 11) is -3.18. The van der Waals surface area contributed by atoms with Crippen LogP contribution in [0, 0.1) is 5.92 Å². The molecule has 2 atom stereocenters. The number of carbonyl (C=O) groups excluding carboxylic acids is 1. The van der Waals surface area contributed by atoms with Gasteiger partial charge in [-0.2, -0.15) is 0 Å². The van der Waals surface area contributed by atoms with Crippen LogP contribution in [0.1, 0.15) is 46.0 Å². The van der Waals surface area contributed by atoms with Crippen LogP contribution >= 0.6 is 7.52 Å². The highest BCUT2D eigenvalue weighted by molar-refractivity contribution is 7.56. The van der Waals surface area contributed by atoms with Gasteiger partial charge in [0.05, 0.1) is 0 Å². The highest BCUT2D eigenvalue weighted by atomic mass is 31.2. The van der Waals surface area contributed by atoms with Gasteiger partial charge in [-0.05, 0) is 43.7 Å². The van der Waals surface area contributed by atoms with Crippen molar-refractivity contribution in [1.82, 2.24) is 5.09 Å².